The summed E-state index contributed by atoms with van der Waals surface area (Å²) in [7, 11) is 0. The molecule has 0 N–H and O–H groups in total. The molecule has 1 aliphatic rings. The van der Waals surface area contributed by atoms with E-state index in [1.165, 1.54) is 4.90 Å². The number of esters is 1. The third-order valence-electron chi connectivity index (χ3n) is 3.84. The van der Waals surface area contributed by atoms with E-state index < -0.39 is 12.1 Å². The Bertz CT molecular complexity index is 802. The molecule has 0 bridgehead atoms. The monoisotopic (exact) mass is 360 g/mol. The Morgan fingerprint density at radius 2 is 2.24 bits per heavy atom. The fourth-order valence-electron chi connectivity index (χ4n) is 2.62. The van der Waals surface area contributed by atoms with Crippen LogP contribution in [0.2, 0.25) is 0 Å². The van der Waals surface area contributed by atoms with Gasteiger partial charge in [0.2, 0.25) is 0 Å². The Hall–Kier alpha value is -2.41. The van der Waals surface area contributed by atoms with Gasteiger partial charge in [-0.15, -0.1) is 11.3 Å². The van der Waals surface area contributed by atoms with Crippen LogP contribution in [0.1, 0.15) is 25.3 Å². The maximum atomic E-state index is 12.5. The molecule has 0 saturated carbocycles. The van der Waals surface area contributed by atoms with Crippen molar-refractivity contribution in [2.75, 3.05) is 18.1 Å². The summed E-state index contributed by atoms with van der Waals surface area (Å²) >= 11 is 1.56. The molecule has 132 valence electrons. The summed E-state index contributed by atoms with van der Waals surface area (Å²) in [6.45, 7) is 5.76. The van der Waals surface area contributed by atoms with Gasteiger partial charge in [-0.3, -0.25) is 14.5 Å². The van der Waals surface area contributed by atoms with Crippen LogP contribution in [0.5, 0.6) is 5.75 Å². The van der Waals surface area contributed by atoms with E-state index in [1.807, 2.05) is 37.4 Å². The number of anilines is 1. The Morgan fingerprint density at radius 3 is 2.92 bits per heavy atom. The topological polar surface area (TPSA) is 68.7 Å². The van der Waals surface area contributed by atoms with Gasteiger partial charge in [0.25, 0.3) is 5.91 Å². The molecule has 1 amide bonds. The van der Waals surface area contributed by atoms with E-state index in [0.717, 1.165) is 22.7 Å². The minimum absolute atomic E-state index is 0.126. The van der Waals surface area contributed by atoms with Gasteiger partial charge in [-0.2, -0.15) is 0 Å². The highest BCUT2D eigenvalue weighted by Gasteiger charge is 2.33. The number of benzene rings is 1. The molecule has 1 aliphatic heterocycles. The van der Waals surface area contributed by atoms with Gasteiger partial charge >= 0.3 is 5.97 Å². The molecular formula is C18H20N2O4S. The van der Waals surface area contributed by atoms with Crippen molar-refractivity contribution < 1.29 is 19.1 Å². The van der Waals surface area contributed by atoms with Crippen LogP contribution in [-0.2, 0) is 14.3 Å². The molecule has 1 atom stereocenters. The highest BCUT2D eigenvalue weighted by Crippen LogP contribution is 2.37. The molecule has 1 unspecified atom stereocenters. The smallest absolute Gasteiger partial charge is 0.326 e. The number of carbonyl (C=O) groups excluding carboxylic acids is 2. The van der Waals surface area contributed by atoms with Crippen molar-refractivity contribution in [2.24, 2.45) is 0 Å². The lowest BCUT2D eigenvalue weighted by Crippen LogP contribution is -2.47. The molecule has 25 heavy (non-hydrogen) atoms. The molecule has 0 spiro atoms. The fraction of sp³-hybridized carbons (Fsp3) is 0.389. The molecule has 2 aromatic rings. The average molecular weight is 360 g/mol. The first-order valence-corrected chi connectivity index (χ1v) is 9.07. The van der Waals surface area contributed by atoms with Gasteiger partial charge in [0, 0.05) is 10.9 Å². The number of rotatable bonds is 5. The van der Waals surface area contributed by atoms with E-state index in [-0.39, 0.29) is 12.5 Å². The molecule has 0 aliphatic carbocycles. The van der Waals surface area contributed by atoms with Crippen molar-refractivity contribution in [2.45, 2.75) is 33.3 Å². The van der Waals surface area contributed by atoms with Crippen LogP contribution in [-0.4, -0.2) is 36.1 Å². The highest BCUT2D eigenvalue weighted by atomic mass is 32.1. The fourth-order valence-corrected chi connectivity index (χ4v) is 3.24. The summed E-state index contributed by atoms with van der Waals surface area (Å²) < 4.78 is 10.8. The first-order valence-electron chi connectivity index (χ1n) is 8.19. The molecule has 3 rings (SSSR count). The van der Waals surface area contributed by atoms with Gasteiger partial charge < -0.3 is 9.47 Å². The lowest BCUT2D eigenvalue weighted by molar-refractivity contribution is -0.143. The van der Waals surface area contributed by atoms with Crippen LogP contribution < -0.4 is 9.64 Å². The lowest BCUT2D eigenvalue weighted by Gasteiger charge is -2.32. The summed E-state index contributed by atoms with van der Waals surface area (Å²) in [5.41, 5.74) is 2.28. The van der Waals surface area contributed by atoms with Crippen molar-refractivity contribution >= 4 is 28.9 Å². The third-order valence-corrected chi connectivity index (χ3v) is 4.61. The van der Waals surface area contributed by atoms with E-state index in [1.54, 1.807) is 18.3 Å². The van der Waals surface area contributed by atoms with Gasteiger partial charge in [-0.1, -0.05) is 6.92 Å². The number of aromatic nitrogens is 1. The maximum absolute atomic E-state index is 12.5. The van der Waals surface area contributed by atoms with E-state index >= 15 is 0 Å². The number of ether oxygens (including phenoxy) is 2. The first-order chi connectivity index (χ1) is 12.0. The normalized spacial score (nSPS) is 16.4. The lowest BCUT2D eigenvalue weighted by atomic mass is 10.1. The Morgan fingerprint density at radius 1 is 1.44 bits per heavy atom. The van der Waals surface area contributed by atoms with Gasteiger partial charge in [0.15, 0.2) is 6.10 Å². The third kappa shape index (κ3) is 3.66. The summed E-state index contributed by atoms with van der Waals surface area (Å²) in [5, 5.41) is 2.93. The Balaban J connectivity index is 1.93. The number of hydrogen-bond donors (Lipinski definition) is 0. The molecule has 0 radical (unpaired) electrons. The molecule has 1 aromatic carbocycles. The van der Waals surface area contributed by atoms with Crippen LogP contribution in [0.25, 0.3) is 11.3 Å². The number of thiazole rings is 1. The molecule has 0 saturated heterocycles. The van der Waals surface area contributed by atoms with Crippen molar-refractivity contribution in [1.82, 2.24) is 4.98 Å². The van der Waals surface area contributed by atoms with Gasteiger partial charge in [-0.25, -0.2) is 4.98 Å². The second-order valence-electron chi connectivity index (χ2n) is 5.84. The largest absolute Gasteiger partial charge is 0.479 e. The second-order valence-corrected chi connectivity index (χ2v) is 6.90. The van der Waals surface area contributed by atoms with Gasteiger partial charge in [0.05, 0.1) is 23.0 Å². The molecule has 6 nitrogen and oxygen atoms in total. The quantitative estimate of drug-likeness (QED) is 0.766. The van der Waals surface area contributed by atoms with Crippen molar-refractivity contribution in [1.29, 1.82) is 0 Å². The average Bonchev–Trinajstić information content (AvgIpc) is 3.03. The zero-order valence-electron chi connectivity index (χ0n) is 14.4. The van der Waals surface area contributed by atoms with Crippen LogP contribution >= 0.6 is 11.3 Å². The maximum Gasteiger partial charge on any atom is 0.326 e. The number of hydrogen-bond acceptors (Lipinski definition) is 6. The predicted octanol–water partition coefficient (Wildman–Crippen LogP) is 3.19. The van der Waals surface area contributed by atoms with Crippen LogP contribution in [0, 0.1) is 6.92 Å². The number of amides is 1. The molecule has 2 heterocycles. The number of fused-ring (bicyclic) bond motifs is 1. The minimum atomic E-state index is -0.640. The molecular weight excluding hydrogens is 340 g/mol. The standard InChI is InChI=1S/C18H20N2O4S/c1-4-7-23-17(21)9-20-15-8-13(14-10-25-12(3)19-14)5-6-16(15)24-11(2)18(20)22/h5-6,8,10-11H,4,7,9H2,1-3H3. The zero-order valence-corrected chi connectivity index (χ0v) is 15.3. The molecule has 0 fully saturated rings. The molecule has 1 aromatic heterocycles. The van der Waals surface area contributed by atoms with E-state index in [9.17, 15) is 9.59 Å². The Labute approximate surface area is 150 Å². The summed E-state index contributed by atoms with van der Waals surface area (Å²) in [5.74, 6) is -0.108. The number of aryl methyl sites for hydroxylation is 1. The van der Waals surface area contributed by atoms with Gasteiger partial charge in [-0.05, 0) is 38.5 Å². The summed E-state index contributed by atoms with van der Waals surface area (Å²) in [6, 6.07) is 5.55. The van der Waals surface area contributed by atoms with Crippen molar-refractivity contribution in [3.05, 3.63) is 28.6 Å². The SMILES string of the molecule is CCCOC(=O)CN1C(=O)C(C)Oc2ccc(-c3csc(C)n3)cc21. The first kappa shape index (κ1) is 17.4. The minimum Gasteiger partial charge on any atom is -0.479 e. The van der Waals surface area contributed by atoms with E-state index in [2.05, 4.69) is 4.98 Å². The summed E-state index contributed by atoms with van der Waals surface area (Å²) in [4.78, 5) is 30.5. The van der Waals surface area contributed by atoms with Crippen LogP contribution in [0.15, 0.2) is 23.6 Å². The highest BCUT2D eigenvalue weighted by molar-refractivity contribution is 7.09. The molecule has 7 heteroatoms. The van der Waals surface area contributed by atoms with Crippen LogP contribution in [0.4, 0.5) is 5.69 Å². The Kier molecular flexibility index (Phi) is 5.03. The predicted molar refractivity (Wildman–Crippen MR) is 96.0 cm³/mol. The number of nitrogens with zero attached hydrogens (tertiary/aromatic N) is 2. The second kappa shape index (κ2) is 7.23. The van der Waals surface area contributed by atoms with Crippen molar-refractivity contribution in [3.8, 4) is 17.0 Å². The van der Waals surface area contributed by atoms with Crippen molar-refractivity contribution in [3.63, 3.8) is 0 Å². The van der Waals surface area contributed by atoms with Gasteiger partial charge in [0.1, 0.15) is 12.3 Å². The summed E-state index contributed by atoms with van der Waals surface area (Å²) in [6.07, 6.45) is 0.0992. The van der Waals surface area contributed by atoms with E-state index in [4.69, 9.17) is 9.47 Å². The van der Waals surface area contributed by atoms with E-state index in [0.29, 0.717) is 18.0 Å². The number of carbonyl (C=O) groups is 2. The van der Waals surface area contributed by atoms with Crippen LogP contribution in [0.3, 0.4) is 0 Å². The zero-order chi connectivity index (χ0) is 18.0.